The van der Waals surface area contributed by atoms with Crippen LogP contribution >= 0.6 is 27.5 Å². The number of allylic oxidation sites excluding steroid dienone is 4. The van der Waals surface area contributed by atoms with Crippen LogP contribution in [-0.4, -0.2) is 41.3 Å². The fourth-order valence-electron chi connectivity index (χ4n) is 3.10. The summed E-state index contributed by atoms with van der Waals surface area (Å²) in [5.41, 5.74) is 2.04. The van der Waals surface area contributed by atoms with Gasteiger partial charge in [0, 0.05) is 22.3 Å². The molecule has 0 aliphatic carbocycles. The number of nitrogens with zero attached hydrogens (tertiary/aromatic N) is 1. The Morgan fingerprint density at radius 1 is 1.44 bits per heavy atom. The second-order valence-corrected chi connectivity index (χ2v) is 8.40. The molecule has 0 radical (unpaired) electrons. The Hall–Kier alpha value is -1.59. The first-order chi connectivity index (χ1) is 12.9. The summed E-state index contributed by atoms with van der Waals surface area (Å²) >= 11 is 9.67. The van der Waals surface area contributed by atoms with E-state index in [0.29, 0.717) is 23.0 Å². The zero-order valence-corrected chi connectivity index (χ0v) is 18.0. The van der Waals surface area contributed by atoms with Crippen LogP contribution in [0.1, 0.15) is 37.3 Å². The van der Waals surface area contributed by atoms with E-state index in [1.807, 2.05) is 43.4 Å². The summed E-state index contributed by atoms with van der Waals surface area (Å²) in [5, 5.41) is 0.655. The molecule has 0 N–H and O–H groups in total. The number of benzene rings is 1. The summed E-state index contributed by atoms with van der Waals surface area (Å²) in [7, 11) is 0. The SMILES string of the molecule is CCOC(=O)CN1CC(C/C=C\C=C/C(C)Br)c2cc(Cl)ccc2CC1=O. The third-order valence-electron chi connectivity index (χ3n) is 4.35. The lowest BCUT2D eigenvalue weighted by atomic mass is 9.91. The van der Waals surface area contributed by atoms with Crippen molar-refractivity contribution < 1.29 is 14.3 Å². The lowest BCUT2D eigenvalue weighted by Gasteiger charge is -2.24. The highest BCUT2D eigenvalue weighted by Gasteiger charge is 2.28. The normalized spacial score (nSPS) is 18.6. The predicted molar refractivity (Wildman–Crippen MR) is 112 cm³/mol. The van der Waals surface area contributed by atoms with Crippen LogP contribution in [0.3, 0.4) is 0 Å². The molecule has 0 saturated carbocycles. The van der Waals surface area contributed by atoms with Gasteiger partial charge in [-0.2, -0.15) is 0 Å². The summed E-state index contributed by atoms with van der Waals surface area (Å²) < 4.78 is 5.02. The van der Waals surface area contributed by atoms with E-state index < -0.39 is 0 Å². The number of fused-ring (bicyclic) bond motifs is 1. The zero-order valence-electron chi connectivity index (χ0n) is 15.7. The molecule has 2 atom stereocenters. The summed E-state index contributed by atoms with van der Waals surface area (Å²) in [6.45, 7) is 4.56. The molecule has 6 heteroatoms. The van der Waals surface area contributed by atoms with Crippen molar-refractivity contribution in [3.63, 3.8) is 0 Å². The minimum atomic E-state index is -0.377. The number of esters is 1. The van der Waals surface area contributed by atoms with Crippen LogP contribution in [-0.2, 0) is 20.7 Å². The van der Waals surface area contributed by atoms with Gasteiger partial charge in [-0.1, -0.05) is 57.9 Å². The number of hydrogen-bond donors (Lipinski definition) is 0. The second-order valence-electron chi connectivity index (χ2n) is 6.52. The number of halogens is 2. The number of alkyl halides is 1. The number of ether oxygens (including phenoxy) is 1. The fraction of sp³-hybridized carbons (Fsp3) is 0.429. The Morgan fingerprint density at radius 3 is 2.93 bits per heavy atom. The number of carbonyl (C=O) groups is 2. The molecule has 0 aromatic heterocycles. The average Bonchev–Trinajstić information content (AvgIpc) is 2.72. The Morgan fingerprint density at radius 2 is 2.22 bits per heavy atom. The van der Waals surface area contributed by atoms with E-state index in [-0.39, 0.29) is 30.8 Å². The molecule has 0 fully saturated rings. The lowest BCUT2D eigenvalue weighted by molar-refractivity contribution is -0.148. The summed E-state index contributed by atoms with van der Waals surface area (Å²) in [6.07, 6.45) is 9.15. The van der Waals surface area contributed by atoms with Gasteiger partial charge in [-0.15, -0.1) is 0 Å². The highest BCUT2D eigenvalue weighted by Crippen LogP contribution is 2.31. The highest BCUT2D eigenvalue weighted by molar-refractivity contribution is 9.09. The third kappa shape index (κ3) is 6.82. The average molecular weight is 455 g/mol. The molecule has 0 bridgehead atoms. The Kier molecular flexibility index (Phi) is 8.58. The quantitative estimate of drug-likeness (QED) is 0.342. The Labute approximate surface area is 174 Å². The first-order valence-electron chi connectivity index (χ1n) is 9.09. The molecule has 1 heterocycles. The van der Waals surface area contributed by atoms with Crippen molar-refractivity contribution in [2.75, 3.05) is 19.7 Å². The van der Waals surface area contributed by atoms with Crippen LogP contribution in [0.5, 0.6) is 0 Å². The van der Waals surface area contributed by atoms with Gasteiger partial charge in [0.1, 0.15) is 6.54 Å². The summed E-state index contributed by atoms with van der Waals surface area (Å²) in [6, 6.07) is 5.65. The molecule has 0 saturated heterocycles. The molecule has 27 heavy (non-hydrogen) atoms. The van der Waals surface area contributed by atoms with Gasteiger partial charge in [0.15, 0.2) is 0 Å². The number of rotatable bonds is 7. The topological polar surface area (TPSA) is 46.6 Å². The fourth-order valence-corrected chi connectivity index (χ4v) is 3.46. The lowest BCUT2D eigenvalue weighted by Crippen LogP contribution is -2.38. The van der Waals surface area contributed by atoms with Gasteiger partial charge in [-0.05, 0) is 43.5 Å². The molecular weight excluding hydrogens is 430 g/mol. The van der Waals surface area contributed by atoms with Gasteiger partial charge in [-0.25, -0.2) is 0 Å². The van der Waals surface area contributed by atoms with Crippen molar-refractivity contribution in [2.45, 2.75) is 37.4 Å². The van der Waals surface area contributed by atoms with Crippen LogP contribution in [0.25, 0.3) is 0 Å². The first-order valence-corrected chi connectivity index (χ1v) is 10.4. The summed E-state index contributed by atoms with van der Waals surface area (Å²) in [4.78, 5) is 26.5. The summed E-state index contributed by atoms with van der Waals surface area (Å²) in [5.74, 6) is -0.366. The number of carbonyl (C=O) groups excluding carboxylic acids is 2. The van der Waals surface area contributed by atoms with E-state index in [1.165, 1.54) is 0 Å². The van der Waals surface area contributed by atoms with Gasteiger partial charge >= 0.3 is 5.97 Å². The van der Waals surface area contributed by atoms with Crippen molar-refractivity contribution >= 4 is 39.4 Å². The monoisotopic (exact) mass is 453 g/mol. The van der Waals surface area contributed by atoms with Crippen molar-refractivity contribution in [1.82, 2.24) is 4.90 Å². The van der Waals surface area contributed by atoms with E-state index in [2.05, 4.69) is 22.0 Å². The Balaban J connectivity index is 2.22. The minimum Gasteiger partial charge on any atom is -0.465 e. The van der Waals surface area contributed by atoms with Crippen molar-refractivity contribution in [2.24, 2.45) is 0 Å². The highest BCUT2D eigenvalue weighted by atomic mass is 79.9. The first kappa shape index (κ1) is 21.7. The van der Waals surface area contributed by atoms with Gasteiger partial charge in [0.2, 0.25) is 5.91 Å². The van der Waals surface area contributed by atoms with E-state index in [9.17, 15) is 9.59 Å². The Bertz CT molecular complexity index is 730. The maximum atomic E-state index is 12.6. The van der Waals surface area contributed by atoms with Crippen molar-refractivity contribution in [1.29, 1.82) is 0 Å². The van der Waals surface area contributed by atoms with Gasteiger partial charge in [0.05, 0.1) is 13.0 Å². The van der Waals surface area contributed by atoms with E-state index in [1.54, 1.807) is 11.8 Å². The maximum absolute atomic E-state index is 12.6. The maximum Gasteiger partial charge on any atom is 0.325 e. The third-order valence-corrected chi connectivity index (χ3v) is 4.89. The predicted octanol–water partition coefficient (Wildman–Crippen LogP) is 4.66. The largest absolute Gasteiger partial charge is 0.465 e. The molecule has 146 valence electrons. The molecule has 1 aliphatic rings. The molecule has 1 aromatic rings. The molecule has 1 amide bonds. The second kappa shape index (κ2) is 10.7. The van der Waals surface area contributed by atoms with Crippen LogP contribution < -0.4 is 0 Å². The molecule has 1 aliphatic heterocycles. The molecular formula is C21H25BrClNO3. The van der Waals surface area contributed by atoms with Crippen LogP contribution in [0.15, 0.2) is 42.5 Å². The number of amides is 1. The molecule has 0 spiro atoms. The van der Waals surface area contributed by atoms with E-state index in [0.717, 1.165) is 17.5 Å². The number of hydrogen-bond acceptors (Lipinski definition) is 3. The smallest absolute Gasteiger partial charge is 0.325 e. The minimum absolute atomic E-state index is 0.0182. The standard InChI is InChI=1S/C21H25BrClNO3/c1-3-27-21(26)14-24-13-17(8-6-4-5-7-15(2)22)19-12-18(23)10-9-16(19)11-20(24)25/h4-7,9-10,12,15,17H,3,8,11,13-14H2,1-2H3/b6-4-,7-5-. The zero-order chi connectivity index (χ0) is 19.8. The van der Waals surface area contributed by atoms with E-state index >= 15 is 0 Å². The van der Waals surface area contributed by atoms with Crippen molar-refractivity contribution in [3.8, 4) is 0 Å². The van der Waals surface area contributed by atoms with Crippen molar-refractivity contribution in [3.05, 3.63) is 58.7 Å². The van der Waals surface area contributed by atoms with Gasteiger partial charge in [-0.3, -0.25) is 9.59 Å². The molecule has 2 unspecified atom stereocenters. The van der Waals surface area contributed by atoms with Crippen LogP contribution in [0.2, 0.25) is 5.02 Å². The van der Waals surface area contributed by atoms with Crippen LogP contribution in [0, 0.1) is 0 Å². The van der Waals surface area contributed by atoms with Gasteiger partial charge < -0.3 is 9.64 Å². The van der Waals surface area contributed by atoms with Crippen LogP contribution in [0.4, 0.5) is 0 Å². The van der Waals surface area contributed by atoms with Gasteiger partial charge in [0.25, 0.3) is 0 Å². The van der Waals surface area contributed by atoms with E-state index in [4.69, 9.17) is 16.3 Å². The molecule has 2 rings (SSSR count). The molecule has 4 nitrogen and oxygen atoms in total. The molecule has 1 aromatic carbocycles.